The number of ketones is 1. The lowest BCUT2D eigenvalue weighted by Gasteiger charge is -1.95. The molecule has 0 amide bonds. The molecule has 0 N–H and O–H groups in total. The Hall–Kier alpha value is -0.900. The van der Waals surface area contributed by atoms with E-state index in [4.69, 9.17) is 11.6 Å². The van der Waals surface area contributed by atoms with Crippen LogP contribution in [0.15, 0.2) is 46.3 Å². The van der Waals surface area contributed by atoms with Crippen LogP contribution in [0.4, 0.5) is 0 Å². The van der Waals surface area contributed by atoms with Gasteiger partial charge in [-0.15, -0.1) is 11.3 Å². The van der Waals surface area contributed by atoms with Gasteiger partial charge in [0.2, 0.25) is 0 Å². The van der Waals surface area contributed by atoms with Crippen LogP contribution in [-0.4, -0.2) is 5.78 Å². The van der Waals surface area contributed by atoms with E-state index >= 15 is 0 Å². The minimum atomic E-state index is -0.0133. The van der Waals surface area contributed by atoms with E-state index in [0.717, 1.165) is 9.35 Å². The second-order valence-electron chi connectivity index (χ2n) is 3.32. The summed E-state index contributed by atoms with van der Waals surface area (Å²) in [6.07, 6.45) is 3.28. The fraction of sp³-hybridized carbons (Fsp3) is 0. The van der Waals surface area contributed by atoms with Crippen LogP contribution in [-0.2, 0) is 0 Å². The maximum Gasteiger partial charge on any atom is 0.195 e. The smallest absolute Gasteiger partial charge is 0.195 e. The highest BCUT2D eigenvalue weighted by Gasteiger charge is 2.04. The molecule has 17 heavy (non-hydrogen) atoms. The third-order valence-electron chi connectivity index (χ3n) is 2.14. The summed E-state index contributed by atoms with van der Waals surface area (Å²) in [7, 11) is 0. The van der Waals surface area contributed by atoms with Crippen molar-refractivity contribution < 1.29 is 4.79 Å². The average Bonchev–Trinajstić information content (AvgIpc) is 2.74. The first kappa shape index (κ1) is 12.6. The van der Waals surface area contributed by atoms with Gasteiger partial charge in [0, 0.05) is 5.02 Å². The van der Waals surface area contributed by atoms with Crippen LogP contribution in [0.3, 0.4) is 0 Å². The predicted octanol–water partition coefficient (Wildman–Crippen LogP) is 5.06. The van der Waals surface area contributed by atoms with Crippen molar-refractivity contribution in [1.82, 2.24) is 0 Å². The van der Waals surface area contributed by atoms with E-state index in [2.05, 4.69) is 15.9 Å². The van der Waals surface area contributed by atoms with Crippen molar-refractivity contribution in [3.05, 3.63) is 61.7 Å². The van der Waals surface area contributed by atoms with Crippen molar-refractivity contribution in [2.75, 3.05) is 0 Å². The summed E-state index contributed by atoms with van der Waals surface area (Å²) in [5.41, 5.74) is 0.845. The van der Waals surface area contributed by atoms with Gasteiger partial charge < -0.3 is 0 Å². The van der Waals surface area contributed by atoms with Gasteiger partial charge in [-0.25, -0.2) is 0 Å². The molecule has 0 aliphatic carbocycles. The first-order valence-corrected chi connectivity index (χ1v) is 6.88. The molecule has 1 nitrogen and oxygen atoms in total. The monoisotopic (exact) mass is 326 g/mol. The van der Waals surface area contributed by atoms with Gasteiger partial charge in [0.05, 0.1) is 8.66 Å². The van der Waals surface area contributed by atoms with Crippen LogP contribution < -0.4 is 0 Å². The standard InChI is InChI=1S/C13H8BrClOS/c14-13-8-7-12(17-13)11(16)6-5-9-3-1-2-4-10(9)15/h1-8H/b6-5+. The van der Waals surface area contributed by atoms with E-state index in [9.17, 15) is 4.79 Å². The predicted molar refractivity (Wildman–Crippen MR) is 76.8 cm³/mol. The molecule has 0 aliphatic heterocycles. The number of thiophene rings is 1. The number of halogens is 2. The number of rotatable bonds is 3. The van der Waals surface area contributed by atoms with Gasteiger partial charge in [0.15, 0.2) is 5.78 Å². The molecule has 1 aromatic heterocycles. The van der Waals surface area contributed by atoms with Crippen LogP contribution in [0.2, 0.25) is 5.02 Å². The largest absolute Gasteiger partial charge is 0.288 e. The molecule has 0 saturated carbocycles. The van der Waals surface area contributed by atoms with Crippen LogP contribution >= 0.6 is 38.9 Å². The minimum absolute atomic E-state index is 0.0133. The third-order valence-corrected chi connectivity index (χ3v) is 4.12. The van der Waals surface area contributed by atoms with Crippen molar-refractivity contribution >= 4 is 50.7 Å². The van der Waals surface area contributed by atoms with Gasteiger partial charge in [-0.05, 0) is 51.8 Å². The van der Waals surface area contributed by atoms with E-state index in [1.807, 2.05) is 24.3 Å². The van der Waals surface area contributed by atoms with Gasteiger partial charge >= 0.3 is 0 Å². The molecular formula is C13H8BrClOS. The first-order chi connectivity index (χ1) is 8.16. The fourth-order valence-corrected chi connectivity index (χ4v) is 2.81. The highest BCUT2D eigenvalue weighted by Crippen LogP contribution is 2.23. The molecule has 0 unspecified atom stereocenters. The van der Waals surface area contributed by atoms with Crippen LogP contribution in [0.25, 0.3) is 6.08 Å². The lowest BCUT2D eigenvalue weighted by Crippen LogP contribution is -1.88. The number of hydrogen-bond donors (Lipinski definition) is 0. The van der Waals surface area contributed by atoms with E-state index in [1.54, 1.807) is 24.3 Å². The molecule has 4 heteroatoms. The Bertz CT molecular complexity index is 574. The van der Waals surface area contributed by atoms with Crippen LogP contribution in [0.5, 0.6) is 0 Å². The number of carbonyl (C=O) groups is 1. The average molecular weight is 328 g/mol. The van der Waals surface area contributed by atoms with Crippen LogP contribution in [0, 0.1) is 0 Å². The SMILES string of the molecule is O=C(/C=C/c1ccccc1Cl)c1ccc(Br)s1. The molecule has 2 aromatic rings. The topological polar surface area (TPSA) is 17.1 Å². The molecule has 0 aliphatic rings. The molecular weight excluding hydrogens is 320 g/mol. The summed E-state index contributed by atoms with van der Waals surface area (Å²) in [6.45, 7) is 0. The second-order valence-corrected chi connectivity index (χ2v) is 6.19. The van der Waals surface area contributed by atoms with Crippen LogP contribution in [0.1, 0.15) is 15.2 Å². The number of carbonyl (C=O) groups excluding carboxylic acids is 1. The highest BCUT2D eigenvalue weighted by atomic mass is 79.9. The summed E-state index contributed by atoms with van der Waals surface area (Å²) < 4.78 is 0.951. The van der Waals surface area contributed by atoms with E-state index in [-0.39, 0.29) is 5.78 Å². The Labute approximate surface area is 117 Å². The maximum atomic E-state index is 11.8. The Morgan fingerprint density at radius 2 is 2.00 bits per heavy atom. The van der Waals surface area contributed by atoms with Crippen molar-refractivity contribution in [2.45, 2.75) is 0 Å². The Morgan fingerprint density at radius 3 is 2.65 bits per heavy atom. The summed E-state index contributed by atoms with van der Waals surface area (Å²) >= 11 is 10.7. The zero-order chi connectivity index (χ0) is 12.3. The first-order valence-electron chi connectivity index (χ1n) is 4.89. The zero-order valence-electron chi connectivity index (χ0n) is 8.69. The maximum absolute atomic E-state index is 11.8. The van der Waals surface area contributed by atoms with Crippen molar-refractivity contribution in [3.63, 3.8) is 0 Å². The van der Waals surface area contributed by atoms with E-state index in [0.29, 0.717) is 9.90 Å². The molecule has 0 spiro atoms. The Balaban J connectivity index is 2.17. The number of allylic oxidation sites excluding steroid dienone is 1. The summed E-state index contributed by atoms with van der Waals surface area (Å²) in [5, 5.41) is 0.643. The molecule has 1 aromatic carbocycles. The molecule has 0 radical (unpaired) electrons. The number of benzene rings is 1. The van der Waals surface area contributed by atoms with Crippen molar-refractivity contribution in [1.29, 1.82) is 0 Å². The fourth-order valence-electron chi connectivity index (χ4n) is 1.30. The third kappa shape index (κ3) is 3.28. The minimum Gasteiger partial charge on any atom is -0.288 e. The molecule has 0 atom stereocenters. The lowest BCUT2D eigenvalue weighted by molar-refractivity contribution is 0.105. The second kappa shape index (κ2) is 5.63. The van der Waals surface area contributed by atoms with E-state index < -0.39 is 0 Å². The summed E-state index contributed by atoms with van der Waals surface area (Å²) in [5.74, 6) is -0.0133. The Kier molecular flexibility index (Phi) is 4.15. The quantitative estimate of drug-likeness (QED) is 0.569. The highest BCUT2D eigenvalue weighted by molar-refractivity contribution is 9.11. The van der Waals surface area contributed by atoms with Gasteiger partial charge in [0.25, 0.3) is 0 Å². The molecule has 0 bridgehead atoms. The van der Waals surface area contributed by atoms with Gasteiger partial charge in [-0.3, -0.25) is 4.79 Å². The molecule has 1 heterocycles. The normalized spacial score (nSPS) is 10.9. The Morgan fingerprint density at radius 1 is 1.24 bits per heavy atom. The zero-order valence-corrected chi connectivity index (χ0v) is 11.8. The van der Waals surface area contributed by atoms with Gasteiger partial charge in [0.1, 0.15) is 0 Å². The molecule has 0 fully saturated rings. The number of hydrogen-bond acceptors (Lipinski definition) is 2. The molecule has 0 saturated heterocycles. The summed E-state index contributed by atoms with van der Waals surface area (Å²) in [6, 6.07) is 11.1. The lowest BCUT2D eigenvalue weighted by atomic mass is 10.2. The summed E-state index contributed by atoms with van der Waals surface area (Å²) in [4.78, 5) is 12.5. The van der Waals surface area contributed by atoms with Crippen molar-refractivity contribution in [2.24, 2.45) is 0 Å². The molecule has 2 rings (SSSR count). The van der Waals surface area contributed by atoms with Crippen molar-refractivity contribution in [3.8, 4) is 0 Å². The van der Waals surface area contributed by atoms with Gasteiger partial charge in [-0.2, -0.15) is 0 Å². The van der Waals surface area contributed by atoms with Gasteiger partial charge in [-0.1, -0.05) is 29.8 Å². The molecule has 86 valence electrons. The van der Waals surface area contributed by atoms with E-state index in [1.165, 1.54) is 11.3 Å².